The minimum absolute atomic E-state index is 0.0216. The summed E-state index contributed by atoms with van der Waals surface area (Å²) in [6.45, 7) is 5.94. The van der Waals surface area contributed by atoms with Crippen molar-refractivity contribution in [1.82, 2.24) is 10.2 Å². The fraction of sp³-hybridized carbons (Fsp3) is 0.310. The van der Waals surface area contributed by atoms with E-state index in [1.165, 1.54) is 24.3 Å². The molecule has 0 aliphatic carbocycles. The van der Waals surface area contributed by atoms with Crippen LogP contribution in [0.3, 0.4) is 0 Å². The highest BCUT2D eigenvalue weighted by molar-refractivity contribution is 5.88. The van der Waals surface area contributed by atoms with Gasteiger partial charge in [-0.2, -0.15) is 0 Å². The number of halogens is 1. The first-order chi connectivity index (χ1) is 16.9. The van der Waals surface area contributed by atoms with Crippen LogP contribution in [0.2, 0.25) is 0 Å². The minimum atomic E-state index is -0.727. The predicted molar refractivity (Wildman–Crippen MR) is 135 cm³/mol. The predicted octanol–water partition coefficient (Wildman–Crippen LogP) is 5.07. The zero-order chi connectivity index (χ0) is 25.2. The number of ether oxygens (including phenoxy) is 1. The molecule has 0 heterocycles. The van der Waals surface area contributed by atoms with Crippen molar-refractivity contribution in [2.45, 2.75) is 52.2 Å². The lowest BCUT2D eigenvalue weighted by molar-refractivity contribution is -0.143. The second kappa shape index (κ2) is 12.7. The Morgan fingerprint density at radius 1 is 0.971 bits per heavy atom. The van der Waals surface area contributed by atoms with Crippen molar-refractivity contribution in [3.8, 4) is 5.75 Å². The van der Waals surface area contributed by atoms with Gasteiger partial charge in [-0.15, -0.1) is 0 Å². The first kappa shape index (κ1) is 25.9. The van der Waals surface area contributed by atoms with E-state index in [4.69, 9.17) is 4.74 Å². The average molecular weight is 477 g/mol. The Kier molecular flexibility index (Phi) is 9.41. The highest BCUT2D eigenvalue weighted by Crippen LogP contribution is 2.18. The third-order valence-corrected chi connectivity index (χ3v) is 6.05. The van der Waals surface area contributed by atoms with Gasteiger partial charge in [-0.25, -0.2) is 4.39 Å². The van der Waals surface area contributed by atoms with Gasteiger partial charge < -0.3 is 15.0 Å². The molecule has 3 aromatic rings. The Labute approximate surface area is 206 Å². The number of hydrogen-bond donors (Lipinski definition) is 1. The topological polar surface area (TPSA) is 58.6 Å². The zero-order valence-electron chi connectivity index (χ0n) is 20.5. The second-order valence-electron chi connectivity index (χ2n) is 8.71. The van der Waals surface area contributed by atoms with Gasteiger partial charge in [0.05, 0.1) is 0 Å². The number of nitrogens with zero attached hydrogens (tertiary/aromatic N) is 1. The molecule has 0 saturated carbocycles. The Morgan fingerprint density at radius 2 is 1.63 bits per heavy atom. The number of amides is 2. The molecule has 0 aliphatic heterocycles. The molecule has 3 rings (SSSR count). The van der Waals surface area contributed by atoms with E-state index in [2.05, 4.69) is 5.32 Å². The summed E-state index contributed by atoms with van der Waals surface area (Å²) in [5, 5.41) is 3.05. The smallest absolute Gasteiger partial charge is 0.261 e. The maximum absolute atomic E-state index is 13.5. The highest BCUT2D eigenvalue weighted by atomic mass is 19.1. The molecule has 0 radical (unpaired) electrons. The molecule has 6 heteroatoms. The summed E-state index contributed by atoms with van der Waals surface area (Å²) in [6.07, 6.45) is 1.15. The van der Waals surface area contributed by atoms with Crippen LogP contribution in [0, 0.1) is 12.7 Å². The van der Waals surface area contributed by atoms with Gasteiger partial charge in [-0.05, 0) is 61.2 Å². The van der Waals surface area contributed by atoms with Crippen LogP contribution in [0.4, 0.5) is 4.39 Å². The number of aryl methyl sites for hydroxylation is 1. The van der Waals surface area contributed by atoms with Crippen molar-refractivity contribution in [3.63, 3.8) is 0 Å². The van der Waals surface area contributed by atoms with Crippen LogP contribution in [0.15, 0.2) is 78.9 Å². The monoisotopic (exact) mass is 476 g/mol. The SMILES string of the molecule is CC[C@@H](C)NC(=O)[C@@H](Cc1ccccc1)N(Cc1ccccc1C)C(=O)COc1ccc(F)cc1. The van der Waals surface area contributed by atoms with E-state index in [-0.39, 0.29) is 36.8 Å². The number of hydrogen-bond acceptors (Lipinski definition) is 3. The molecule has 0 bridgehead atoms. The molecule has 0 saturated heterocycles. The molecule has 3 aromatic carbocycles. The lowest BCUT2D eigenvalue weighted by Crippen LogP contribution is -2.53. The first-order valence-electron chi connectivity index (χ1n) is 11.9. The Balaban J connectivity index is 1.91. The molecule has 1 N–H and O–H groups in total. The summed E-state index contributed by atoms with van der Waals surface area (Å²) in [7, 11) is 0. The lowest BCUT2D eigenvalue weighted by Gasteiger charge is -2.32. The number of carbonyl (C=O) groups excluding carboxylic acids is 2. The van der Waals surface area contributed by atoms with Crippen LogP contribution in [-0.4, -0.2) is 35.4 Å². The summed E-state index contributed by atoms with van der Waals surface area (Å²) >= 11 is 0. The van der Waals surface area contributed by atoms with Crippen LogP contribution in [-0.2, 0) is 22.6 Å². The Morgan fingerprint density at radius 3 is 2.29 bits per heavy atom. The normalized spacial score (nSPS) is 12.5. The summed E-state index contributed by atoms with van der Waals surface area (Å²) in [5.74, 6) is -0.515. The second-order valence-corrected chi connectivity index (χ2v) is 8.71. The molecule has 35 heavy (non-hydrogen) atoms. The fourth-order valence-corrected chi connectivity index (χ4v) is 3.72. The molecular formula is C29H33FN2O3. The third kappa shape index (κ3) is 7.67. The molecule has 5 nitrogen and oxygen atoms in total. The molecule has 0 aromatic heterocycles. The van der Waals surface area contributed by atoms with Crippen molar-refractivity contribution in [3.05, 3.63) is 101 Å². The number of carbonyl (C=O) groups is 2. The standard InChI is InChI=1S/C29H33FN2O3/c1-4-22(3)31-29(34)27(18-23-11-6-5-7-12-23)32(19-24-13-9-8-10-21(24)2)28(33)20-35-26-16-14-25(30)15-17-26/h5-17,22,27H,4,18-20H2,1-3H3,(H,31,34)/t22-,27-/m1/s1. The van der Waals surface area contributed by atoms with E-state index >= 15 is 0 Å². The average Bonchev–Trinajstić information content (AvgIpc) is 2.87. The molecule has 184 valence electrons. The molecule has 2 atom stereocenters. The van der Waals surface area contributed by atoms with E-state index in [0.717, 1.165) is 23.1 Å². The lowest BCUT2D eigenvalue weighted by atomic mass is 10.0. The Bertz CT molecular complexity index is 1100. The molecule has 0 unspecified atom stereocenters. The van der Waals surface area contributed by atoms with Crippen LogP contribution >= 0.6 is 0 Å². The quantitative estimate of drug-likeness (QED) is 0.421. The van der Waals surface area contributed by atoms with Crippen LogP contribution in [0.1, 0.15) is 37.0 Å². The van der Waals surface area contributed by atoms with Gasteiger partial charge in [0.1, 0.15) is 17.6 Å². The maximum Gasteiger partial charge on any atom is 0.261 e. The zero-order valence-corrected chi connectivity index (χ0v) is 20.5. The third-order valence-electron chi connectivity index (χ3n) is 6.05. The number of benzene rings is 3. The van der Waals surface area contributed by atoms with Crippen molar-refractivity contribution in [1.29, 1.82) is 0 Å². The van der Waals surface area contributed by atoms with Gasteiger partial charge in [0.15, 0.2) is 6.61 Å². The number of rotatable bonds is 11. The van der Waals surface area contributed by atoms with E-state index in [0.29, 0.717) is 12.2 Å². The van der Waals surface area contributed by atoms with Crippen molar-refractivity contribution in [2.75, 3.05) is 6.61 Å². The fourth-order valence-electron chi connectivity index (χ4n) is 3.72. The summed E-state index contributed by atoms with van der Waals surface area (Å²) in [6, 6.07) is 22.2. The largest absolute Gasteiger partial charge is 0.484 e. The van der Waals surface area contributed by atoms with Gasteiger partial charge in [0.25, 0.3) is 5.91 Å². The van der Waals surface area contributed by atoms with Crippen molar-refractivity contribution in [2.24, 2.45) is 0 Å². The van der Waals surface area contributed by atoms with E-state index in [1.54, 1.807) is 4.90 Å². The molecular weight excluding hydrogens is 443 g/mol. The van der Waals surface area contributed by atoms with Gasteiger partial charge in [0, 0.05) is 19.0 Å². The van der Waals surface area contributed by atoms with E-state index in [1.807, 2.05) is 75.4 Å². The maximum atomic E-state index is 13.5. The van der Waals surface area contributed by atoms with E-state index in [9.17, 15) is 14.0 Å². The van der Waals surface area contributed by atoms with Gasteiger partial charge in [-0.1, -0.05) is 61.5 Å². The minimum Gasteiger partial charge on any atom is -0.484 e. The van der Waals surface area contributed by atoms with Crippen molar-refractivity contribution >= 4 is 11.8 Å². The number of nitrogens with one attached hydrogen (secondary N) is 1. The van der Waals surface area contributed by atoms with Gasteiger partial charge >= 0.3 is 0 Å². The molecule has 0 aliphatic rings. The Hall–Kier alpha value is -3.67. The highest BCUT2D eigenvalue weighted by Gasteiger charge is 2.31. The molecule has 2 amide bonds. The van der Waals surface area contributed by atoms with Crippen molar-refractivity contribution < 1.29 is 18.7 Å². The summed E-state index contributed by atoms with van der Waals surface area (Å²) in [4.78, 5) is 28.6. The van der Waals surface area contributed by atoms with Crippen LogP contribution < -0.4 is 10.1 Å². The van der Waals surface area contributed by atoms with Gasteiger partial charge in [0.2, 0.25) is 5.91 Å². The molecule has 0 spiro atoms. The van der Waals surface area contributed by atoms with Gasteiger partial charge in [-0.3, -0.25) is 9.59 Å². The van der Waals surface area contributed by atoms with E-state index < -0.39 is 6.04 Å². The first-order valence-corrected chi connectivity index (χ1v) is 11.9. The van der Waals surface area contributed by atoms with Crippen LogP contribution in [0.25, 0.3) is 0 Å². The van der Waals surface area contributed by atoms with Crippen LogP contribution in [0.5, 0.6) is 5.75 Å². The summed E-state index contributed by atoms with van der Waals surface area (Å²) < 4.78 is 18.9. The molecule has 0 fully saturated rings. The summed E-state index contributed by atoms with van der Waals surface area (Å²) in [5.41, 5.74) is 2.95.